The summed E-state index contributed by atoms with van der Waals surface area (Å²) in [6, 6.07) is 12.9. The molecule has 9 heteroatoms. The van der Waals surface area contributed by atoms with Crippen LogP contribution < -0.4 is 10.2 Å². The summed E-state index contributed by atoms with van der Waals surface area (Å²) in [6.07, 6.45) is 2.85. The molecule has 1 heterocycles. The van der Waals surface area contributed by atoms with Gasteiger partial charge >= 0.3 is 0 Å². The van der Waals surface area contributed by atoms with Crippen molar-refractivity contribution in [2.45, 2.75) is 48.9 Å². The van der Waals surface area contributed by atoms with Crippen LogP contribution in [0.5, 0.6) is 0 Å². The second-order valence-electron chi connectivity index (χ2n) is 8.20. The minimum Gasteiger partial charge on any atom is -0.348 e. The molecule has 2 aromatic carbocycles. The first-order chi connectivity index (χ1) is 15.8. The lowest BCUT2D eigenvalue weighted by atomic mass is 9.88. The number of fused-ring (bicyclic) bond motifs is 2. The molecule has 1 N–H and O–H groups in total. The highest BCUT2D eigenvalue weighted by Crippen LogP contribution is 2.37. The van der Waals surface area contributed by atoms with Crippen LogP contribution in [0.4, 0.5) is 5.69 Å². The summed E-state index contributed by atoms with van der Waals surface area (Å²) in [7, 11) is -3.67. The van der Waals surface area contributed by atoms with Gasteiger partial charge in [-0.2, -0.15) is 4.31 Å². The molecule has 176 valence electrons. The van der Waals surface area contributed by atoms with Gasteiger partial charge in [0.2, 0.25) is 21.8 Å². The molecule has 0 radical (unpaired) electrons. The first-order valence-electron chi connectivity index (χ1n) is 11.3. The molecule has 0 aromatic heterocycles. The molecular weight excluding hydrogens is 458 g/mol. The lowest BCUT2D eigenvalue weighted by Gasteiger charge is -2.31. The number of nitrogens with zero attached hydrogens (tertiary/aromatic N) is 2. The predicted molar refractivity (Wildman–Crippen MR) is 130 cm³/mol. The number of nitrogens with one attached hydrogen (secondary N) is 1. The number of hydrogen-bond donors (Lipinski definition) is 1. The lowest BCUT2D eigenvalue weighted by molar-refractivity contribution is -0.123. The molecule has 2 aromatic rings. The number of rotatable bonds is 7. The number of aryl methyl sites for hydroxylation is 1. The molecule has 0 saturated heterocycles. The van der Waals surface area contributed by atoms with E-state index < -0.39 is 10.0 Å². The standard InChI is InChI=1S/C24H29N3O4S2/c1-3-26(4-2)33(30,31)18-12-13-22-21(14-18)27(24(29)16-32-22)15-23(28)25-20-11-7-9-17-8-5-6-10-19(17)20/h5-6,8,10,12-14,20H,3-4,7,9,11,15-16H2,1-2H3,(H,25,28). The molecule has 4 rings (SSSR count). The number of anilines is 1. The monoisotopic (exact) mass is 487 g/mol. The number of carbonyl (C=O) groups is 2. The van der Waals surface area contributed by atoms with E-state index in [0.717, 1.165) is 29.7 Å². The topological polar surface area (TPSA) is 86.8 Å². The van der Waals surface area contributed by atoms with Gasteiger partial charge in [0, 0.05) is 18.0 Å². The minimum absolute atomic E-state index is 0.0782. The summed E-state index contributed by atoms with van der Waals surface area (Å²) in [5.41, 5.74) is 2.85. The maximum Gasteiger partial charge on any atom is 0.243 e. The SMILES string of the molecule is CCN(CC)S(=O)(=O)c1ccc2c(c1)N(CC(=O)NC1CCCc3ccccc31)C(=O)CS2. The first kappa shape index (κ1) is 23.8. The van der Waals surface area contributed by atoms with Crippen LogP contribution in [0.25, 0.3) is 0 Å². The van der Waals surface area contributed by atoms with Crippen LogP contribution in [0.2, 0.25) is 0 Å². The van der Waals surface area contributed by atoms with E-state index in [0.29, 0.717) is 18.8 Å². The van der Waals surface area contributed by atoms with E-state index in [2.05, 4.69) is 11.4 Å². The lowest BCUT2D eigenvalue weighted by Crippen LogP contribution is -2.44. The highest BCUT2D eigenvalue weighted by Gasteiger charge is 2.31. The average molecular weight is 488 g/mol. The third-order valence-electron chi connectivity index (χ3n) is 6.22. The predicted octanol–water partition coefficient (Wildman–Crippen LogP) is 3.35. The van der Waals surface area contributed by atoms with Crippen molar-refractivity contribution in [3.63, 3.8) is 0 Å². The zero-order valence-electron chi connectivity index (χ0n) is 18.9. The van der Waals surface area contributed by atoms with Crippen molar-refractivity contribution in [2.75, 3.05) is 30.3 Å². The van der Waals surface area contributed by atoms with E-state index in [1.54, 1.807) is 26.0 Å². The minimum atomic E-state index is -3.67. The van der Waals surface area contributed by atoms with Crippen molar-refractivity contribution in [1.82, 2.24) is 9.62 Å². The molecule has 2 amide bonds. The molecule has 2 aliphatic rings. The van der Waals surface area contributed by atoms with Crippen molar-refractivity contribution < 1.29 is 18.0 Å². The van der Waals surface area contributed by atoms with E-state index in [4.69, 9.17) is 0 Å². The maximum absolute atomic E-state index is 13.0. The quantitative estimate of drug-likeness (QED) is 0.647. The van der Waals surface area contributed by atoms with Gasteiger partial charge in [0.25, 0.3) is 0 Å². The summed E-state index contributed by atoms with van der Waals surface area (Å²) >= 11 is 1.36. The molecule has 0 fully saturated rings. The van der Waals surface area contributed by atoms with Crippen LogP contribution in [0.3, 0.4) is 0 Å². The average Bonchev–Trinajstić information content (AvgIpc) is 2.81. The Morgan fingerprint density at radius 2 is 1.94 bits per heavy atom. The van der Waals surface area contributed by atoms with Gasteiger partial charge in [-0.25, -0.2) is 8.42 Å². The highest BCUT2D eigenvalue weighted by molar-refractivity contribution is 8.00. The summed E-state index contributed by atoms with van der Waals surface area (Å²) < 4.78 is 27.4. The molecule has 0 spiro atoms. The molecule has 0 bridgehead atoms. The normalized spacial score (nSPS) is 18.1. The highest BCUT2D eigenvalue weighted by atomic mass is 32.2. The van der Waals surface area contributed by atoms with Crippen molar-refractivity contribution >= 4 is 39.3 Å². The Morgan fingerprint density at radius 3 is 2.70 bits per heavy atom. The number of hydrogen-bond acceptors (Lipinski definition) is 5. The van der Waals surface area contributed by atoms with Gasteiger partial charge in [-0.15, -0.1) is 11.8 Å². The van der Waals surface area contributed by atoms with Gasteiger partial charge in [-0.3, -0.25) is 9.59 Å². The third-order valence-corrected chi connectivity index (χ3v) is 9.32. The van der Waals surface area contributed by atoms with E-state index in [1.807, 2.05) is 18.2 Å². The van der Waals surface area contributed by atoms with Crippen LogP contribution in [0.15, 0.2) is 52.3 Å². The second-order valence-corrected chi connectivity index (χ2v) is 11.2. The first-order valence-corrected chi connectivity index (χ1v) is 13.7. The fraction of sp³-hybridized carbons (Fsp3) is 0.417. The van der Waals surface area contributed by atoms with E-state index in [1.165, 1.54) is 32.6 Å². The molecule has 1 aliphatic heterocycles. The number of amides is 2. The largest absolute Gasteiger partial charge is 0.348 e. The Balaban J connectivity index is 1.57. The van der Waals surface area contributed by atoms with Crippen molar-refractivity contribution in [1.29, 1.82) is 0 Å². The van der Waals surface area contributed by atoms with Gasteiger partial charge in [0.1, 0.15) is 6.54 Å². The van der Waals surface area contributed by atoms with Gasteiger partial charge in [0.15, 0.2) is 0 Å². The smallest absolute Gasteiger partial charge is 0.243 e. The molecule has 1 unspecified atom stereocenters. The van der Waals surface area contributed by atoms with Crippen LogP contribution in [-0.2, 0) is 26.0 Å². The van der Waals surface area contributed by atoms with E-state index in [-0.39, 0.29) is 35.0 Å². The number of carbonyl (C=O) groups excluding carboxylic acids is 2. The molecule has 0 saturated carbocycles. The van der Waals surface area contributed by atoms with Gasteiger partial charge < -0.3 is 10.2 Å². The zero-order valence-corrected chi connectivity index (χ0v) is 20.5. The van der Waals surface area contributed by atoms with Crippen LogP contribution in [0.1, 0.15) is 43.9 Å². The van der Waals surface area contributed by atoms with E-state index >= 15 is 0 Å². The Bertz CT molecular complexity index is 1160. The van der Waals surface area contributed by atoms with Crippen molar-refractivity contribution in [2.24, 2.45) is 0 Å². The van der Waals surface area contributed by atoms with Gasteiger partial charge in [-0.1, -0.05) is 38.1 Å². The summed E-state index contributed by atoms with van der Waals surface area (Å²) in [4.78, 5) is 28.1. The fourth-order valence-electron chi connectivity index (χ4n) is 4.52. The Morgan fingerprint density at radius 1 is 1.18 bits per heavy atom. The van der Waals surface area contributed by atoms with Gasteiger partial charge in [0.05, 0.1) is 22.4 Å². The number of sulfonamides is 1. The summed E-state index contributed by atoms with van der Waals surface area (Å²) in [5.74, 6) is -0.238. The number of benzene rings is 2. The Hall–Kier alpha value is -2.36. The van der Waals surface area contributed by atoms with E-state index in [9.17, 15) is 18.0 Å². The molecule has 1 atom stereocenters. The van der Waals surface area contributed by atoms with Crippen LogP contribution in [0, 0.1) is 0 Å². The Labute approximate surface area is 199 Å². The third kappa shape index (κ3) is 4.81. The maximum atomic E-state index is 13.0. The second kappa shape index (κ2) is 9.87. The zero-order chi connectivity index (χ0) is 23.6. The van der Waals surface area contributed by atoms with Crippen molar-refractivity contribution in [3.05, 3.63) is 53.6 Å². The fourth-order valence-corrected chi connectivity index (χ4v) is 6.91. The molecular formula is C24H29N3O4S2. The summed E-state index contributed by atoms with van der Waals surface area (Å²) in [6.45, 7) is 4.16. The van der Waals surface area contributed by atoms with Crippen molar-refractivity contribution in [3.8, 4) is 0 Å². The molecule has 7 nitrogen and oxygen atoms in total. The Kier molecular flexibility index (Phi) is 7.11. The molecule has 33 heavy (non-hydrogen) atoms. The van der Waals surface area contributed by atoms with Gasteiger partial charge in [-0.05, 0) is 48.6 Å². The summed E-state index contributed by atoms with van der Waals surface area (Å²) in [5, 5.41) is 3.09. The number of thioether (sulfide) groups is 1. The molecule has 1 aliphatic carbocycles. The van der Waals surface area contributed by atoms with Crippen LogP contribution >= 0.6 is 11.8 Å². The van der Waals surface area contributed by atoms with Crippen LogP contribution in [-0.4, -0.2) is 49.9 Å².